The van der Waals surface area contributed by atoms with Crippen LogP contribution in [0.5, 0.6) is 0 Å². The lowest BCUT2D eigenvalue weighted by molar-refractivity contribution is -0.145. The maximum absolute atomic E-state index is 14.3. The van der Waals surface area contributed by atoms with E-state index in [0.29, 0.717) is 16.6 Å². The molecule has 0 aromatic heterocycles. The number of aliphatic hydroxyl groups excluding tert-OH is 2. The summed E-state index contributed by atoms with van der Waals surface area (Å²) in [6.07, 6.45) is 19.4. The van der Waals surface area contributed by atoms with E-state index in [0.717, 1.165) is 31.9 Å². The summed E-state index contributed by atoms with van der Waals surface area (Å²) in [6, 6.07) is -0.835. The summed E-state index contributed by atoms with van der Waals surface area (Å²) in [5, 5.41) is 27.6. The van der Waals surface area contributed by atoms with Crippen LogP contribution < -0.4 is 16.0 Å². The molecule has 0 radical (unpaired) electrons. The highest BCUT2D eigenvalue weighted by Crippen LogP contribution is 2.38. The van der Waals surface area contributed by atoms with Gasteiger partial charge >= 0.3 is 12.0 Å². The van der Waals surface area contributed by atoms with Crippen molar-refractivity contribution >= 4 is 23.4 Å². The van der Waals surface area contributed by atoms with Crippen LogP contribution in [0.1, 0.15) is 84.0 Å². The van der Waals surface area contributed by atoms with E-state index in [-0.39, 0.29) is 0 Å². The van der Waals surface area contributed by atoms with E-state index >= 15 is 0 Å². The number of nitrogens with one attached hydrogen (secondary N) is 3. The molecule has 0 bridgehead atoms. The van der Waals surface area contributed by atoms with E-state index in [4.69, 9.17) is 22.1 Å². The molecule has 1 fully saturated rings. The summed E-state index contributed by atoms with van der Waals surface area (Å²) in [6.45, 7) is 2.13. The first-order valence-electron chi connectivity index (χ1n) is 14.2. The van der Waals surface area contributed by atoms with Crippen LogP contribution in [-0.4, -0.2) is 69.9 Å². The first-order chi connectivity index (χ1) is 18.8. The van der Waals surface area contributed by atoms with Gasteiger partial charge in [0.1, 0.15) is 12.3 Å². The molecule has 2 aliphatic heterocycles. The molecule has 1 saturated heterocycles. The van der Waals surface area contributed by atoms with Gasteiger partial charge in [-0.15, -0.1) is 0 Å². The number of hydrogen-bond acceptors (Lipinski definition) is 5. The van der Waals surface area contributed by atoms with Gasteiger partial charge in [-0.25, -0.2) is 4.79 Å². The highest BCUT2D eigenvalue weighted by Gasteiger charge is 2.61. The predicted molar refractivity (Wildman–Crippen MR) is 153 cm³/mol. The fraction of sp³-hybridized carbons (Fsp3) is 0.714. The van der Waals surface area contributed by atoms with Crippen molar-refractivity contribution in [2.75, 3.05) is 13.2 Å². The zero-order chi connectivity index (χ0) is 28.5. The molecule has 222 valence electrons. The maximum atomic E-state index is 14.3. The Kier molecular flexibility index (Phi) is 15.5. The molecule has 0 spiro atoms. The maximum Gasteiger partial charge on any atom is 0.325 e. The Balaban J connectivity index is 1.50. The monoisotopic (exact) mass is 572 g/mol. The lowest BCUT2D eigenvalue weighted by atomic mass is 10.1. The molecular weight excluding hydrogens is 526 g/mol. The van der Waals surface area contributed by atoms with Crippen LogP contribution >= 0.6 is 12.2 Å². The number of ether oxygens (including phenoxy) is 1. The van der Waals surface area contributed by atoms with Crippen LogP contribution in [-0.2, 0) is 4.74 Å². The first kappa shape index (κ1) is 33.1. The number of aliphatic hydroxyl groups is 2. The minimum Gasteiger partial charge on any atom is -0.394 e. The minimum atomic E-state index is -3.73. The lowest BCUT2D eigenvalue weighted by Crippen LogP contribution is -2.59. The molecule has 2 rings (SSSR count). The highest BCUT2D eigenvalue weighted by molar-refractivity contribution is 7.80. The van der Waals surface area contributed by atoms with Gasteiger partial charge in [0.2, 0.25) is 6.23 Å². The second kappa shape index (κ2) is 18.3. The summed E-state index contributed by atoms with van der Waals surface area (Å²) >= 11 is 5.27. The van der Waals surface area contributed by atoms with Crippen LogP contribution in [0.2, 0.25) is 0 Å². The number of amides is 2. The van der Waals surface area contributed by atoms with Crippen LogP contribution in [0.25, 0.3) is 0 Å². The van der Waals surface area contributed by atoms with Gasteiger partial charge in [0.05, 0.1) is 6.61 Å². The Hall–Kier alpha value is -2.08. The van der Waals surface area contributed by atoms with E-state index in [1.165, 1.54) is 57.4 Å². The Morgan fingerprint density at radius 2 is 1.74 bits per heavy atom. The van der Waals surface area contributed by atoms with Gasteiger partial charge in [-0.1, -0.05) is 69.8 Å². The second-order valence-corrected chi connectivity index (χ2v) is 10.4. The van der Waals surface area contributed by atoms with Gasteiger partial charge in [-0.2, -0.15) is 8.78 Å². The number of hydrogen-bond donors (Lipinski definition) is 5. The number of rotatable bonds is 18. The summed E-state index contributed by atoms with van der Waals surface area (Å²) in [4.78, 5) is 13.0. The minimum absolute atomic E-state index is 0.346. The number of halogens is 2. The normalized spacial score (nSPS) is 24.5. The number of carbonyl (C=O) groups is 1. The Bertz CT molecular complexity index is 827. The van der Waals surface area contributed by atoms with Crippen LogP contribution in [0.4, 0.5) is 13.6 Å². The van der Waals surface area contributed by atoms with E-state index in [9.17, 15) is 18.7 Å². The molecular formula is C28H46F2N4O4S. The molecule has 2 aliphatic rings. The van der Waals surface area contributed by atoms with E-state index in [1.54, 1.807) is 0 Å². The molecule has 2 amide bonds. The van der Waals surface area contributed by atoms with E-state index in [2.05, 4.69) is 47.2 Å². The number of allylic oxidation sites excluding steroid dienone is 4. The number of alkyl halides is 2. The smallest absolute Gasteiger partial charge is 0.325 e. The van der Waals surface area contributed by atoms with Crippen LogP contribution in [0.3, 0.4) is 0 Å². The van der Waals surface area contributed by atoms with Gasteiger partial charge < -0.3 is 30.9 Å². The van der Waals surface area contributed by atoms with Gasteiger partial charge in [-0.05, 0) is 56.8 Å². The molecule has 0 aromatic carbocycles. The van der Waals surface area contributed by atoms with Crippen molar-refractivity contribution in [1.29, 1.82) is 0 Å². The fourth-order valence-corrected chi connectivity index (χ4v) is 4.63. The zero-order valence-corrected chi connectivity index (χ0v) is 23.8. The number of carbonyl (C=O) groups excluding carboxylic acids is 1. The molecule has 2 heterocycles. The van der Waals surface area contributed by atoms with Gasteiger partial charge in [0.15, 0.2) is 11.2 Å². The molecule has 11 heteroatoms. The van der Waals surface area contributed by atoms with Crippen molar-refractivity contribution < 1.29 is 28.5 Å². The first-order valence-corrected chi connectivity index (χ1v) is 14.7. The molecule has 5 N–H and O–H groups in total. The molecule has 8 nitrogen and oxygen atoms in total. The lowest BCUT2D eigenvalue weighted by Gasteiger charge is -2.34. The average Bonchev–Trinajstić information content (AvgIpc) is 3.14. The fourth-order valence-electron chi connectivity index (χ4n) is 4.40. The highest BCUT2D eigenvalue weighted by atomic mass is 32.1. The molecule has 39 heavy (non-hydrogen) atoms. The Morgan fingerprint density at radius 3 is 2.36 bits per heavy atom. The largest absolute Gasteiger partial charge is 0.394 e. The third-order valence-corrected chi connectivity index (χ3v) is 6.98. The summed E-state index contributed by atoms with van der Waals surface area (Å²) in [5.41, 5.74) is 0. The molecule has 0 aromatic rings. The van der Waals surface area contributed by atoms with Crippen molar-refractivity contribution in [3.8, 4) is 0 Å². The number of urea groups is 1. The Labute approximate surface area is 236 Å². The predicted octanol–water partition coefficient (Wildman–Crippen LogP) is 4.84. The van der Waals surface area contributed by atoms with Gasteiger partial charge in [-0.3, -0.25) is 4.90 Å². The number of thiocarbonyl (C=S) groups is 1. The van der Waals surface area contributed by atoms with E-state index < -0.39 is 43.2 Å². The third-order valence-electron chi connectivity index (χ3n) is 6.71. The SMILES string of the molecule is CCCCC/C=C\C/C=C\CCCCCCCCNC(=S)NC1C=CN([C@@H]2O[C@H](CO)[C@@H](O)C2(F)F)C(=O)N1. The molecule has 0 aliphatic carbocycles. The van der Waals surface area contributed by atoms with Crippen molar-refractivity contribution in [3.63, 3.8) is 0 Å². The van der Waals surface area contributed by atoms with Gasteiger partial charge in [0, 0.05) is 12.7 Å². The summed E-state index contributed by atoms with van der Waals surface area (Å²) in [5.74, 6) is -3.73. The molecule has 1 unspecified atom stereocenters. The van der Waals surface area contributed by atoms with Crippen molar-refractivity contribution in [3.05, 3.63) is 36.6 Å². The quantitative estimate of drug-likeness (QED) is 0.0909. The van der Waals surface area contributed by atoms with Crippen molar-refractivity contribution in [2.24, 2.45) is 0 Å². The van der Waals surface area contributed by atoms with E-state index in [1.807, 2.05) is 0 Å². The van der Waals surface area contributed by atoms with Gasteiger partial charge in [0.25, 0.3) is 0 Å². The standard InChI is InChI=1S/C28H46F2N4O4S/c1-2-3-4-5-6-7-8-9-10-11-12-13-14-15-16-17-19-31-26(39)32-23-18-20-34(27(37)33-23)25-28(29,30)24(36)22(21-35)38-25/h6-7,9-10,18,20,22-25,35-36H,2-5,8,11-17,19,21H2,1H3,(H,33,37)(H2,31,32,39)/b7-6-,10-9-/t22-,23?,24-,25-/m1/s1. The van der Waals surface area contributed by atoms with Crippen LogP contribution in [0.15, 0.2) is 36.6 Å². The second-order valence-electron chi connectivity index (χ2n) is 9.99. The Morgan fingerprint density at radius 1 is 1.10 bits per heavy atom. The van der Waals surface area contributed by atoms with Crippen molar-refractivity contribution in [1.82, 2.24) is 20.9 Å². The summed E-state index contributed by atoms with van der Waals surface area (Å²) < 4.78 is 33.6. The average molecular weight is 573 g/mol. The number of unbranched alkanes of at least 4 members (excludes halogenated alkanes) is 9. The number of nitrogens with zero attached hydrogens (tertiary/aromatic N) is 1. The summed E-state index contributed by atoms with van der Waals surface area (Å²) in [7, 11) is 0. The van der Waals surface area contributed by atoms with Crippen LogP contribution in [0, 0.1) is 0 Å². The zero-order valence-electron chi connectivity index (χ0n) is 23.0. The topological polar surface area (TPSA) is 106 Å². The molecule has 4 atom stereocenters. The third kappa shape index (κ3) is 11.5. The molecule has 0 saturated carbocycles. The van der Waals surface area contributed by atoms with Crippen molar-refractivity contribution in [2.45, 2.75) is 114 Å².